The lowest BCUT2D eigenvalue weighted by Gasteiger charge is -2.38. The second-order valence-corrected chi connectivity index (χ2v) is 7.48. The van der Waals surface area contributed by atoms with Gasteiger partial charge in [-0.2, -0.15) is 0 Å². The Bertz CT molecular complexity index is 700. The third-order valence-corrected chi connectivity index (χ3v) is 4.74. The van der Waals surface area contributed by atoms with Gasteiger partial charge in [0.05, 0.1) is 17.6 Å². The van der Waals surface area contributed by atoms with Gasteiger partial charge in [-0.15, -0.1) is 0 Å². The molecule has 2 N–H and O–H groups in total. The summed E-state index contributed by atoms with van der Waals surface area (Å²) in [5, 5.41) is 6.10. The van der Waals surface area contributed by atoms with Gasteiger partial charge >= 0.3 is 0 Å². The summed E-state index contributed by atoms with van der Waals surface area (Å²) in [6.45, 7) is 11.7. The van der Waals surface area contributed by atoms with E-state index in [0.29, 0.717) is 51.5 Å². The highest BCUT2D eigenvalue weighted by atomic mass is 19.1. The molecule has 1 aromatic rings. The molecule has 0 spiro atoms. The zero-order chi connectivity index (χ0) is 20.7. The number of rotatable bonds is 6. The Morgan fingerprint density at radius 3 is 2.36 bits per heavy atom. The third-order valence-electron chi connectivity index (χ3n) is 4.74. The molecule has 6 nitrogen and oxygen atoms in total. The highest BCUT2D eigenvalue weighted by molar-refractivity contribution is 5.84. The van der Waals surface area contributed by atoms with Crippen LogP contribution >= 0.6 is 0 Å². The highest BCUT2D eigenvalue weighted by Gasteiger charge is 2.28. The number of amides is 1. The van der Waals surface area contributed by atoms with E-state index in [1.165, 1.54) is 6.07 Å². The Kier molecular flexibility index (Phi) is 7.60. The second-order valence-electron chi connectivity index (χ2n) is 7.48. The third kappa shape index (κ3) is 5.56. The Morgan fingerprint density at radius 2 is 1.75 bits per heavy atom. The smallest absolute Gasteiger partial charge is 0.227 e. The van der Waals surface area contributed by atoms with E-state index in [2.05, 4.69) is 20.5 Å². The maximum absolute atomic E-state index is 14.0. The molecule has 1 aliphatic rings. The van der Waals surface area contributed by atoms with Crippen LogP contribution < -0.4 is 15.5 Å². The van der Waals surface area contributed by atoms with Crippen LogP contribution in [0.15, 0.2) is 23.2 Å². The fourth-order valence-corrected chi connectivity index (χ4v) is 3.06. The van der Waals surface area contributed by atoms with Gasteiger partial charge < -0.3 is 20.4 Å². The largest absolute Gasteiger partial charge is 0.366 e. The average Bonchev–Trinajstić information content (AvgIpc) is 2.67. The Morgan fingerprint density at radius 1 is 1.11 bits per heavy atom. The van der Waals surface area contributed by atoms with Gasteiger partial charge in [-0.05, 0) is 39.8 Å². The van der Waals surface area contributed by atoms with Gasteiger partial charge in [-0.1, -0.05) is 0 Å². The van der Waals surface area contributed by atoms with Crippen LogP contribution in [0.1, 0.15) is 27.7 Å². The van der Waals surface area contributed by atoms with Gasteiger partial charge in [-0.3, -0.25) is 9.79 Å². The molecule has 28 heavy (non-hydrogen) atoms. The van der Waals surface area contributed by atoms with E-state index in [1.807, 2.05) is 32.6 Å². The zero-order valence-electron chi connectivity index (χ0n) is 17.2. The molecular formula is C20H31F2N5O. The summed E-state index contributed by atoms with van der Waals surface area (Å²) in [5.41, 5.74) is -0.317. The lowest BCUT2D eigenvalue weighted by atomic mass is 9.92. The first kappa shape index (κ1) is 21.9. The van der Waals surface area contributed by atoms with E-state index in [0.717, 1.165) is 18.1 Å². The van der Waals surface area contributed by atoms with Gasteiger partial charge in [-0.25, -0.2) is 8.78 Å². The van der Waals surface area contributed by atoms with Crippen molar-refractivity contribution in [3.8, 4) is 0 Å². The number of anilines is 1. The summed E-state index contributed by atoms with van der Waals surface area (Å²) >= 11 is 0. The maximum atomic E-state index is 14.0. The molecule has 0 atom stereocenters. The number of carbonyl (C=O) groups is 1. The van der Waals surface area contributed by atoms with Crippen molar-refractivity contribution >= 4 is 17.6 Å². The lowest BCUT2D eigenvalue weighted by Crippen LogP contribution is -2.53. The van der Waals surface area contributed by atoms with Crippen molar-refractivity contribution in [1.82, 2.24) is 15.5 Å². The molecule has 0 radical (unpaired) electrons. The van der Waals surface area contributed by atoms with Crippen molar-refractivity contribution < 1.29 is 13.6 Å². The molecule has 1 saturated heterocycles. The van der Waals surface area contributed by atoms with Crippen molar-refractivity contribution in [2.75, 3.05) is 50.7 Å². The maximum Gasteiger partial charge on any atom is 0.227 e. The van der Waals surface area contributed by atoms with Crippen LogP contribution in [-0.2, 0) is 4.79 Å². The van der Waals surface area contributed by atoms with E-state index < -0.39 is 17.0 Å². The van der Waals surface area contributed by atoms with E-state index in [9.17, 15) is 13.6 Å². The van der Waals surface area contributed by atoms with E-state index in [4.69, 9.17) is 0 Å². The zero-order valence-corrected chi connectivity index (χ0v) is 17.2. The number of hydrogen-bond acceptors (Lipinski definition) is 3. The van der Waals surface area contributed by atoms with E-state index >= 15 is 0 Å². The van der Waals surface area contributed by atoms with Crippen LogP contribution in [0.2, 0.25) is 0 Å². The lowest BCUT2D eigenvalue weighted by molar-refractivity contribution is -0.128. The summed E-state index contributed by atoms with van der Waals surface area (Å²) < 4.78 is 27.5. The molecule has 1 aromatic carbocycles. The standard InChI is InChI=1S/C20H31F2N5O/c1-5-23-18(28)20(3,4)14-25-19(24-6-2)27-11-9-26(10-12-27)17-13-15(21)7-8-16(17)22/h7-8,13H,5-6,9-12,14H2,1-4H3,(H,23,28)(H,24,25). The molecule has 1 aliphatic heterocycles. The average molecular weight is 395 g/mol. The molecule has 0 aromatic heterocycles. The highest BCUT2D eigenvalue weighted by Crippen LogP contribution is 2.22. The monoisotopic (exact) mass is 395 g/mol. The predicted octanol–water partition coefficient (Wildman–Crippen LogP) is 2.21. The molecule has 1 fully saturated rings. The van der Waals surface area contributed by atoms with Gasteiger partial charge in [0.15, 0.2) is 5.96 Å². The van der Waals surface area contributed by atoms with Crippen LogP contribution in [0.5, 0.6) is 0 Å². The summed E-state index contributed by atoms with van der Waals surface area (Å²) in [6.07, 6.45) is 0. The number of guanidine groups is 1. The molecule has 0 bridgehead atoms. The first-order chi connectivity index (χ1) is 13.3. The molecule has 8 heteroatoms. The molecule has 0 unspecified atom stereocenters. The first-order valence-electron chi connectivity index (χ1n) is 9.80. The van der Waals surface area contributed by atoms with Crippen LogP contribution in [0.3, 0.4) is 0 Å². The van der Waals surface area contributed by atoms with Crippen LogP contribution in [0.4, 0.5) is 14.5 Å². The van der Waals surface area contributed by atoms with Crippen LogP contribution in [-0.4, -0.2) is 62.6 Å². The minimum absolute atomic E-state index is 0.0269. The van der Waals surface area contributed by atoms with E-state index in [-0.39, 0.29) is 5.91 Å². The molecule has 1 heterocycles. The van der Waals surface area contributed by atoms with Crippen LogP contribution in [0.25, 0.3) is 0 Å². The minimum Gasteiger partial charge on any atom is -0.366 e. The number of hydrogen-bond donors (Lipinski definition) is 2. The van der Waals surface area contributed by atoms with Gasteiger partial charge in [0.2, 0.25) is 5.91 Å². The number of halogens is 2. The van der Waals surface area contributed by atoms with Gasteiger partial charge in [0.25, 0.3) is 0 Å². The Hall–Kier alpha value is -2.38. The number of carbonyl (C=O) groups excluding carboxylic acids is 1. The van der Waals surface area contributed by atoms with Crippen molar-refractivity contribution in [3.05, 3.63) is 29.8 Å². The fraction of sp³-hybridized carbons (Fsp3) is 0.600. The Balaban J connectivity index is 2.04. The molecular weight excluding hydrogens is 364 g/mol. The second kappa shape index (κ2) is 9.71. The first-order valence-corrected chi connectivity index (χ1v) is 9.80. The fourth-order valence-electron chi connectivity index (χ4n) is 3.06. The molecule has 0 aliphatic carbocycles. The SMILES string of the molecule is CCNC(=O)C(C)(C)CN=C(NCC)N1CCN(c2cc(F)ccc2F)CC1. The Labute approximate surface area is 166 Å². The summed E-state index contributed by atoms with van der Waals surface area (Å²) in [6, 6.07) is 3.52. The summed E-state index contributed by atoms with van der Waals surface area (Å²) in [5.74, 6) is -0.152. The number of aliphatic imine (C=N–C) groups is 1. The summed E-state index contributed by atoms with van der Waals surface area (Å²) in [7, 11) is 0. The number of nitrogens with one attached hydrogen (secondary N) is 2. The molecule has 0 saturated carbocycles. The number of nitrogens with zero attached hydrogens (tertiary/aromatic N) is 3. The topological polar surface area (TPSA) is 60.0 Å². The molecule has 156 valence electrons. The summed E-state index contributed by atoms with van der Waals surface area (Å²) in [4.78, 5) is 20.8. The van der Waals surface area contributed by atoms with Crippen molar-refractivity contribution in [1.29, 1.82) is 0 Å². The normalized spacial score (nSPS) is 15.6. The molecule has 2 rings (SSSR count). The van der Waals surface area contributed by atoms with Crippen molar-refractivity contribution in [2.45, 2.75) is 27.7 Å². The minimum atomic E-state index is -0.608. The number of benzene rings is 1. The van der Waals surface area contributed by atoms with Crippen LogP contribution in [0, 0.1) is 17.0 Å². The van der Waals surface area contributed by atoms with Gasteiger partial charge in [0, 0.05) is 45.3 Å². The number of piperazine rings is 1. The predicted molar refractivity (Wildman–Crippen MR) is 109 cm³/mol. The quantitative estimate of drug-likeness (QED) is 0.573. The van der Waals surface area contributed by atoms with Crippen molar-refractivity contribution in [2.24, 2.45) is 10.4 Å². The van der Waals surface area contributed by atoms with Crippen molar-refractivity contribution in [3.63, 3.8) is 0 Å². The van der Waals surface area contributed by atoms with E-state index in [1.54, 1.807) is 0 Å². The molecule has 1 amide bonds. The van der Waals surface area contributed by atoms with Gasteiger partial charge in [0.1, 0.15) is 11.6 Å².